The number of fused-ring (bicyclic) bond motifs is 1. The maximum absolute atomic E-state index is 15.0. The van der Waals surface area contributed by atoms with Gasteiger partial charge >= 0.3 is 0 Å². The zero-order valence-corrected chi connectivity index (χ0v) is 21.1. The first kappa shape index (κ1) is 23.9. The predicted molar refractivity (Wildman–Crippen MR) is 146 cm³/mol. The second-order valence-corrected chi connectivity index (χ2v) is 10.9. The highest BCUT2D eigenvalue weighted by Gasteiger charge is 2.27. The van der Waals surface area contributed by atoms with Crippen molar-refractivity contribution in [1.82, 2.24) is 8.96 Å². The summed E-state index contributed by atoms with van der Waals surface area (Å²) < 4.78 is 58.6. The number of hydrogen-bond donors (Lipinski definition) is 1. The minimum absolute atomic E-state index is 0.0223. The second-order valence-electron chi connectivity index (χ2n) is 9.10. The first-order valence-corrected chi connectivity index (χ1v) is 13.4. The standard InChI is InChI=1S/C31H22F2N2O2S/c1-20-12-13-22(28-11-6-16-34-28)18-25(20)21-14-15-29-23(17-21)19-30(31-26(32)9-5-10-27(31)33)35(29)38(36,37)24-7-3-2-4-8-24/h2-19,34H,1H3. The van der Waals surface area contributed by atoms with Crippen molar-refractivity contribution >= 4 is 20.9 Å². The smallest absolute Gasteiger partial charge is 0.268 e. The van der Waals surface area contributed by atoms with Crippen LogP contribution in [0.3, 0.4) is 0 Å². The van der Waals surface area contributed by atoms with Crippen molar-refractivity contribution in [2.24, 2.45) is 0 Å². The molecule has 0 saturated heterocycles. The Bertz CT molecular complexity index is 1890. The molecule has 7 heteroatoms. The number of aromatic amines is 1. The normalized spacial score (nSPS) is 11.8. The molecule has 0 aliphatic rings. The van der Waals surface area contributed by atoms with Gasteiger partial charge in [0.05, 0.1) is 21.7 Å². The average Bonchev–Trinajstić information content (AvgIpc) is 3.58. The summed E-state index contributed by atoms with van der Waals surface area (Å²) in [5, 5.41) is 0.546. The molecule has 0 fully saturated rings. The zero-order chi connectivity index (χ0) is 26.4. The Hall–Kier alpha value is -4.49. The largest absolute Gasteiger partial charge is 0.361 e. The second kappa shape index (κ2) is 9.11. The summed E-state index contributed by atoms with van der Waals surface area (Å²) in [6.45, 7) is 2.00. The van der Waals surface area contributed by atoms with Crippen LogP contribution in [0.5, 0.6) is 0 Å². The fraction of sp³-hybridized carbons (Fsp3) is 0.0323. The summed E-state index contributed by atoms with van der Waals surface area (Å²) in [6, 6.07) is 28.3. The van der Waals surface area contributed by atoms with Gasteiger partial charge in [-0.1, -0.05) is 42.5 Å². The molecule has 2 aromatic heterocycles. The van der Waals surface area contributed by atoms with Crippen LogP contribution in [-0.2, 0) is 10.0 Å². The number of H-pyrrole nitrogens is 1. The molecule has 0 bridgehead atoms. The van der Waals surface area contributed by atoms with Crippen molar-refractivity contribution in [3.8, 4) is 33.6 Å². The Morgan fingerprint density at radius 1 is 0.737 bits per heavy atom. The highest BCUT2D eigenvalue weighted by Crippen LogP contribution is 2.37. The molecule has 0 unspecified atom stereocenters. The van der Waals surface area contributed by atoms with E-state index in [-0.39, 0.29) is 10.6 Å². The summed E-state index contributed by atoms with van der Waals surface area (Å²) in [6.07, 6.45) is 1.86. The van der Waals surface area contributed by atoms with Crippen molar-refractivity contribution in [2.45, 2.75) is 11.8 Å². The van der Waals surface area contributed by atoms with Crippen LogP contribution < -0.4 is 0 Å². The van der Waals surface area contributed by atoms with Crippen LogP contribution in [0.2, 0.25) is 0 Å². The van der Waals surface area contributed by atoms with E-state index in [0.717, 1.165) is 44.1 Å². The molecular weight excluding hydrogens is 502 g/mol. The van der Waals surface area contributed by atoms with Gasteiger partial charge in [0, 0.05) is 17.3 Å². The summed E-state index contributed by atoms with van der Waals surface area (Å²) in [4.78, 5) is 3.23. The Balaban J connectivity index is 1.61. The van der Waals surface area contributed by atoms with Gasteiger partial charge in [-0.05, 0) is 89.8 Å². The number of benzene rings is 4. The van der Waals surface area contributed by atoms with Crippen LogP contribution in [-0.4, -0.2) is 17.4 Å². The van der Waals surface area contributed by atoms with Crippen LogP contribution in [0.15, 0.2) is 114 Å². The number of halogens is 2. The lowest BCUT2D eigenvalue weighted by molar-refractivity contribution is 0.583. The summed E-state index contributed by atoms with van der Waals surface area (Å²) >= 11 is 0. The number of rotatable bonds is 5. The van der Waals surface area contributed by atoms with Gasteiger partial charge in [0.1, 0.15) is 11.6 Å². The topological polar surface area (TPSA) is 54.9 Å². The zero-order valence-electron chi connectivity index (χ0n) is 20.3. The fourth-order valence-electron chi connectivity index (χ4n) is 4.84. The van der Waals surface area contributed by atoms with Gasteiger partial charge in [0.15, 0.2) is 0 Å². The molecule has 2 heterocycles. The monoisotopic (exact) mass is 524 g/mol. The van der Waals surface area contributed by atoms with Crippen molar-refractivity contribution in [3.63, 3.8) is 0 Å². The molecule has 0 amide bonds. The van der Waals surface area contributed by atoms with Crippen LogP contribution in [0.25, 0.3) is 44.5 Å². The van der Waals surface area contributed by atoms with E-state index in [1.807, 2.05) is 49.5 Å². The SMILES string of the molecule is Cc1ccc(-c2ccc[nH]2)cc1-c1ccc2c(c1)cc(-c1c(F)cccc1F)n2S(=O)(=O)c1ccccc1. The molecule has 0 aliphatic carbocycles. The van der Waals surface area contributed by atoms with E-state index in [1.165, 1.54) is 24.3 Å². The van der Waals surface area contributed by atoms with Gasteiger partial charge in [0.25, 0.3) is 10.0 Å². The van der Waals surface area contributed by atoms with E-state index in [2.05, 4.69) is 11.1 Å². The fourth-order valence-corrected chi connectivity index (χ4v) is 6.38. The van der Waals surface area contributed by atoms with E-state index < -0.39 is 27.2 Å². The van der Waals surface area contributed by atoms with E-state index in [9.17, 15) is 17.2 Å². The molecule has 4 aromatic carbocycles. The predicted octanol–water partition coefficient (Wildman–Crippen LogP) is 7.79. The molecule has 6 rings (SSSR count). The number of aromatic nitrogens is 2. The van der Waals surface area contributed by atoms with Gasteiger partial charge in [-0.25, -0.2) is 21.2 Å². The lowest BCUT2D eigenvalue weighted by atomic mass is 9.96. The van der Waals surface area contributed by atoms with Crippen molar-refractivity contribution in [2.75, 3.05) is 0 Å². The summed E-state index contributed by atoms with van der Waals surface area (Å²) in [5.41, 5.74) is 4.71. The molecular formula is C31H22F2N2O2S. The average molecular weight is 525 g/mol. The summed E-state index contributed by atoms with van der Waals surface area (Å²) in [7, 11) is -4.18. The minimum atomic E-state index is -4.18. The number of nitrogens with one attached hydrogen (secondary N) is 1. The lowest BCUT2D eigenvalue weighted by Crippen LogP contribution is -2.14. The minimum Gasteiger partial charge on any atom is -0.361 e. The maximum Gasteiger partial charge on any atom is 0.268 e. The number of aryl methyl sites for hydroxylation is 1. The highest BCUT2D eigenvalue weighted by molar-refractivity contribution is 7.90. The van der Waals surface area contributed by atoms with E-state index in [1.54, 1.807) is 24.3 Å². The van der Waals surface area contributed by atoms with Gasteiger partial charge in [-0.3, -0.25) is 0 Å². The number of nitrogens with zero attached hydrogens (tertiary/aromatic N) is 1. The van der Waals surface area contributed by atoms with E-state index in [4.69, 9.17) is 0 Å². The Kier molecular flexibility index (Phi) is 5.73. The molecule has 0 radical (unpaired) electrons. The van der Waals surface area contributed by atoms with Crippen molar-refractivity contribution < 1.29 is 17.2 Å². The van der Waals surface area contributed by atoms with Crippen LogP contribution in [0, 0.1) is 18.6 Å². The molecule has 188 valence electrons. The maximum atomic E-state index is 15.0. The van der Waals surface area contributed by atoms with E-state index >= 15 is 0 Å². The van der Waals surface area contributed by atoms with Crippen molar-refractivity contribution in [1.29, 1.82) is 0 Å². The van der Waals surface area contributed by atoms with Gasteiger partial charge in [-0.15, -0.1) is 0 Å². The number of hydrogen-bond acceptors (Lipinski definition) is 2. The lowest BCUT2D eigenvalue weighted by Gasteiger charge is -2.14. The molecule has 0 aliphatic heterocycles. The third kappa shape index (κ3) is 3.92. The van der Waals surface area contributed by atoms with Crippen LogP contribution >= 0.6 is 0 Å². The highest BCUT2D eigenvalue weighted by atomic mass is 32.2. The van der Waals surface area contributed by atoms with Gasteiger partial charge < -0.3 is 4.98 Å². The first-order chi connectivity index (χ1) is 18.3. The van der Waals surface area contributed by atoms with Gasteiger partial charge in [0.2, 0.25) is 0 Å². The third-order valence-electron chi connectivity index (χ3n) is 6.72. The molecule has 0 spiro atoms. The Labute approximate surface area is 218 Å². The molecule has 4 nitrogen and oxygen atoms in total. The molecule has 0 saturated carbocycles. The quantitative estimate of drug-likeness (QED) is 0.250. The Morgan fingerprint density at radius 3 is 2.18 bits per heavy atom. The van der Waals surface area contributed by atoms with E-state index in [0.29, 0.717) is 10.9 Å². The Morgan fingerprint density at radius 2 is 1.47 bits per heavy atom. The summed E-state index contributed by atoms with van der Waals surface area (Å²) in [5.74, 6) is -1.68. The molecule has 0 atom stereocenters. The molecule has 38 heavy (non-hydrogen) atoms. The van der Waals surface area contributed by atoms with Crippen molar-refractivity contribution in [3.05, 3.63) is 127 Å². The molecule has 6 aromatic rings. The van der Waals surface area contributed by atoms with Crippen LogP contribution in [0.4, 0.5) is 8.78 Å². The first-order valence-electron chi connectivity index (χ1n) is 12.0. The van der Waals surface area contributed by atoms with Gasteiger partial charge in [-0.2, -0.15) is 0 Å². The van der Waals surface area contributed by atoms with Crippen LogP contribution in [0.1, 0.15) is 5.56 Å². The third-order valence-corrected chi connectivity index (χ3v) is 8.46. The molecule has 1 N–H and O–H groups in total.